The van der Waals surface area contributed by atoms with Gasteiger partial charge < -0.3 is 9.31 Å². The van der Waals surface area contributed by atoms with Crippen molar-refractivity contribution in [2.24, 2.45) is 0 Å². The third-order valence-corrected chi connectivity index (χ3v) is 5.62. The molecule has 4 nitrogen and oxygen atoms in total. The zero-order valence-corrected chi connectivity index (χ0v) is 16.5. The van der Waals surface area contributed by atoms with Crippen LogP contribution in [0.3, 0.4) is 0 Å². The smallest absolute Gasteiger partial charge is 0.399 e. The Kier molecular flexibility index (Phi) is 4.33. The molecule has 27 heavy (non-hydrogen) atoms. The summed E-state index contributed by atoms with van der Waals surface area (Å²) >= 11 is 5.96. The van der Waals surface area contributed by atoms with E-state index in [-0.39, 0.29) is 5.82 Å². The van der Waals surface area contributed by atoms with Crippen molar-refractivity contribution in [3.63, 3.8) is 0 Å². The molecule has 140 valence electrons. The second kappa shape index (κ2) is 6.33. The standard InChI is InChI=1S/C20H21BClFN2O2/c1-19(2)20(3,4)27-21(26-19)17-6-5-7-18-16(17)12-25(24-18)11-13-8-14(22)10-15(23)9-13/h5-10,12H,11H2,1-4H3. The molecule has 1 aromatic heterocycles. The summed E-state index contributed by atoms with van der Waals surface area (Å²) in [6, 6.07) is 10.4. The van der Waals surface area contributed by atoms with E-state index in [1.54, 1.807) is 10.7 Å². The van der Waals surface area contributed by atoms with E-state index in [9.17, 15) is 4.39 Å². The average Bonchev–Trinajstić information content (AvgIpc) is 3.03. The average molecular weight is 387 g/mol. The second-order valence-corrected chi connectivity index (χ2v) is 8.41. The van der Waals surface area contributed by atoms with Gasteiger partial charge in [-0.1, -0.05) is 23.7 Å². The van der Waals surface area contributed by atoms with Gasteiger partial charge in [0, 0.05) is 16.6 Å². The minimum Gasteiger partial charge on any atom is -0.399 e. The van der Waals surface area contributed by atoms with Gasteiger partial charge in [-0.3, -0.25) is 4.68 Å². The molecule has 0 aliphatic carbocycles. The van der Waals surface area contributed by atoms with Crippen LogP contribution in [0.1, 0.15) is 33.3 Å². The maximum absolute atomic E-state index is 13.6. The van der Waals surface area contributed by atoms with E-state index in [1.807, 2.05) is 52.1 Å². The monoisotopic (exact) mass is 386 g/mol. The Labute approximate surface area is 163 Å². The molecular formula is C20H21BClFN2O2. The van der Waals surface area contributed by atoms with E-state index in [0.29, 0.717) is 11.6 Å². The van der Waals surface area contributed by atoms with Crippen LogP contribution in [0.2, 0.25) is 5.02 Å². The lowest BCUT2D eigenvalue weighted by molar-refractivity contribution is 0.00578. The van der Waals surface area contributed by atoms with E-state index >= 15 is 0 Å². The molecule has 0 unspecified atom stereocenters. The lowest BCUT2D eigenvalue weighted by atomic mass is 9.77. The largest absolute Gasteiger partial charge is 0.495 e. The molecule has 0 atom stereocenters. The second-order valence-electron chi connectivity index (χ2n) is 7.97. The summed E-state index contributed by atoms with van der Waals surface area (Å²) in [6.07, 6.45) is 1.94. The summed E-state index contributed by atoms with van der Waals surface area (Å²) < 4.78 is 27.8. The Hall–Kier alpha value is -1.89. The fourth-order valence-corrected chi connectivity index (χ4v) is 3.50. The Morgan fingerprint density at radius 2 is 1.81 bits per heavy atom. The number of halogens is 2. The summed E-state index contributed by atoms with van der Waals surface area (Å²) in [6.45, 7) is 8.55. The third kappa shape index (κ3) is 3.37. The first-order chi connectivity index (χ1) is 12.6. The molecule has 1 aliphatic rings. The molecule has 0 amide bonds. The highest BCUT2D eigenvalue weighted by molar-refractivity contribution is 6.65. The van der Waals surface area contributed by atoms with Crippen molar-refractivity contribution < 1.29 is 13.7 Å². The Morgan fingerprint density at radius 1 is 1.11 bits per heavy atom. The van der Waals surface area contributed by atoms with Crippen LogP contribution in [0.15, 0.2) is 42.6 Å². The van der Waals surface area contributed by atoms with Gasteiger partial charge >= 0.3 is 7.12 Å². The third-order valence-electron chi connectivity index (χ3n) is 5.41. The molecule has 0 bridgehead atoms. The van der Waals surface area contributed by atoms with Crippen LogP contribution in [0, 0.1) is 5.82 Å². The first-order valence-corrected chi connectivity index (χ1v) is 9.29. The maximum atomic E-state index is 13.6. The molecule has 2 heterocycles. The normalized spacial score (nSPS) is 18.4. The number of aromatic nitrogens is 2. The Morgan fingerprint density at radius 3 is 2.48 bits per heavy atom. The molecule has 7 heteroatoms. The molecule has 3 aromatic rings. The van der Waals surface area contributed by atoms with Crippen molar-refractivity contribution >= 4 is 35.1 Å². The van der Waals surface area contributed by atoms with E-state index in [4.69, 9.17) is 20.9 Å². The van der Waals surface area contributed by atoms with Gasteiger partial charge in [0.05, 0.1) is 23.3 Å². The van der Waals surface area contributed by atoms with Crippen LogP contribution in [0.25, 0.3) is 10.9 Å². The fourth-order valence-electron chi connectivity index (χ4n) is 3.26. The van der Waals surface area contributed by atoms with Crippen molar-refractivity contribution in [1.29, 1.82) is 0 Å². The summed E-state index contributed by atoms with van der Waals surface area (Å²) in [5, 5.41) is 5.94. The van der Waals surface area contributed by atoms with Crippen LogP contribution in [-0.2, 0) is 15.9 Å². The Bertz CT molecular complexity index is 982. The van der Waals surface area contributed by atoms with Crippen LogP contribution < -0.4 is 5.46 Å². The highest BCUT2D eigenvalue weighted by Gasteiger charge is 2.52. The van der Waals surface area contributed by atoms with Crippen molar-refractivity contribution in [2.45, 2.75) is 45.4 Å². The molecule has 2 aromatic carbocycles. The zero-order chi connectivity index (χ0) is 19.4. The van der Waals surface area contributed by atoms with Gasteiger partial charge in [-0.2, -0.15) is 5.10 Å². The maximum Gasteiger partial charge on any atom is 0.495 e. The van der Waals surface area contributed by atoms with Crippen molar-refractivity contribution in [1.82, 2.24) is 9.78 Å². The lowest BCUT2D eigenvalue weighted by Gasteiger charge is -2.32. The molecule has 0 N–H and O–H groups in total. The first kappa shape index (κ1) is 18.5. The molecule has 0 spiro atoms. The lowest BCUT2D eigenvalue weighted by Crippen LogP contribution is -2.41. The summed E-state index contributed by atoms with van der Waals surface area (Å²) in [5.74, 6) is -0.355. The zero-order valence-electron chi connectivity index (χ0n) is 15.8. The number of hydrogen-bond donors (Lipinski definition) is 0. The van der Waals surface area contributed by atoms with Gasteiger partial charge in [-0.15, -0.1) is 0 Å². The van der Waals surface area contributed by atoms with E-state index in [0.717, 1.165) is 21.9 Å². The van der Waals surface area contributed by atoms with Gasteiger partial charge in [-0.25, -0.2) is 4.39 Å². The molecule has 1 fully saturated rings. The highest BCUT2D eigenvalue weighted by Crippen LogP contribution is 2.37. The van der Waals surface area contributed by atoms with Crippen LogP contribution in [0.4, 0.5) is 4.39 Å². The predicted octanol–water partition coefficient (Wildman–Crippen LogP) is 4.18. The van der Waals surface area contributed by atoms with E-state index in [1.165, 1.54) is 12.1 Å². The highest BCUT2D eigenvalue weighted by atomic mass is 35.5. The molecule has 1 saturated heterocycles. The molecule has 1 aliphatic heterocycles. The van der Waals surface area contributed by atoms with Gasteiger partial charge in [-0.05, 0) is 63.0 Å². The number of fused-ring (bicyclic) bond motifs is 1. The fraction of sp³-hybridized carbons (Fsp3) is 0.350. The van der Waals surface area contributed by atoms with E-state index < -0.39 is 18.3 Å². The van der Waals surface area contributed by atoms with Crippen LogP contribution >= 0.6 is 11.6 Å². The quantitative estimate of drug-likeness (QED) is 0.634. The van der Waals surface area contributed by atoms with Gasteiger partial charge in [0.2, 0.25) is 0 Å². The van der Waals surface area contributed by atoms with Crippen molar-refractivity contribution in [3.05, 3.63) is 59.0 Å². The number of hydrogen-bond acceptors (Lipinski definition) is 3. The predicted molar refractivity (Wildman–Crippen MR) is 106 cm³/mol. The van der Waals surface area contributed by atoms with Crippen LogP contribution in [0.5, 0.6) is 0 Å². The van der Waals surface area contributed by atoms with Crippen LogP contribution in [-0.4, -0.2) is 28.1 Å². The number of nitrogens with zero attached hydrogens (tertiary/aromatic N) is 2. The first-order valence-electron chi connectivity index (χ1n) is 8.91. The SMILES string of the molecule is CC1(C)OB(c2cccc3nn(Cc4cc(F)cc(Cl)c4)cc23)OC1(C)C. The van der Waals surface area contributed by atoms with Gasteiger partial charge in [0.15, 0.2) is 0 Å². The number of rotatable bonds is 3. The molecule has 4 rings (SSSR count). The molecule has 0 radical (unpaired) electrons. The van der Waals surface area contributed by atoms with Crippen molar-refractivity contribution in [3.8, 4) is 0 Å². The molecule has 0 saturated carbocycles. The Balaban J connectivity index is 1.69. The van der Waals surface area contributed by atoms with Gasteiger partial charge in [0.1, 0.15) is 5.82 Å². The van der Waals surface area contributed by atoms with E-state index in [2.05, 4.69) is 5.10 Å². The number of benzene rings is 2. The van der Waals surface area contributed by atoms with Gasteiger partial charge in [0.25, 0.3) is 0 Å². The topological polar surface area (TPSA) is 36.3 Å². The van der Waals surface area contributed by atoms with Crippen molar-refractivity contribution in [2.75, 3.05) is 0 Å². The molecular weight excluding hydrogens is 365 g/mol. The minimum absolute atomic E-state index is 0.355. The summed E-state index contributed by atoms with van der Waals surface area (Å²) in [5.41, 5.74) is 1.71. The summed E-state index contributed by atoms with van der Waals surface area (Å²) in [7, 11) is -0.458. The minimum atomic E-state index is -0.458. The summed E-state index contributed by atoms with van der Waals surface area (Å²) in [4.78, 5) is 0.